The summed E-state index contributed by atoms with van der Waals surface area (Å²) in [6, 6.07) is 3.90. The van der Waals surface area contributed by atoms with E-state index in [0.717, 1.165) is 0 Å². The number of aliphatic hydroxyl groups excluding tert-OH is 1. The molecule has 72 valence electrons. The Labute approximate surface area is 83.9 Å². The van der Waals surface area contributed by atoms with Gasteiger partial charge >= 0.3 is 0 Å². The van der Waals surface area contributed by atoms with Crippen LogP contribution in [-0.2, 0) is 0 Å². The van der Waals surface area contributed by atoms with Gasteiger partial charge in [-0.3, -0.25) is 0 Å². The van der Waals surface area contributed by atoms with E-state index >= 15 is 0 Å². The molecule has 0 heterocycles. The van der Waals surface area contributed by atoms with E-state index in [0.29, 0.717) is 0 Å². The highest BCUT2D eigenvalue weighted by Crippen LogP contribution is 2.27. The molecule has 0 bridgehead atoms. The molecule has 0 fully saturated rings. The lowest BCUT2D eigenvalue weighted by Gasteiger charge is -2.09. The first-order chi connectivity index (χ1) is 6.02. The average molecular weight is 227 g/mol. The van der Waals surface area contributed by atoms with Crippen LogP contribution in [0.5, 0.6) is 0 Å². The highest BCUT2D eigenvalue weighted by Gasteiger charge is 2.19. The summed E-state index contributed by atoms with van der Waals surface area (Å²) in [7, 11) is 0. The van der Waals surface area contributed by atoms with Crippen molar-refractivity contribution in [2.45, 2.75) is 12.5 Å². The lowest BCUT2D eigenvalue weighted by molar-refractivity contribution is -0.00577. The maximum absolute atomic E-state index is 12.0. The SMILES string of the molecule is OC(c1ccc(Cl)c(Cl)c1)C(F)F. The lowest BCUT2D eigenvalue weighted by Crippen LogP contribution is -2.07. The van der Waals surface area contributed by atoms with Crippen LogP contribution in [-0.4, -0.2) is 11.5 Å². The number of rotatable bonds is 2. The molecule has 1 nitrogen and oxygen atoms in total. The Kier molecular flexibility index (Phi) is 3.47. The zero-order valence-electron chi connectivity index (χ0n) is 6.35. The van der Waals surface area contributed by atoms with Crippen molar-refractivity contribution in [1.29, 1.82) is 0 Å². The second-order valence-electron chi connectivity index (χ2n) is 2.45. The topological polar surface area (TPSA) is 20.2 Å². The molecule has 0 saturated heterocycles. The molecule has 0 aliphatic carbocycles. The van der Waals surface area contributed by atoms with Crippen LogP contribution in [0.25, 0.3) is 0 Å². The third kappa shape index (κ3) is 2.53. The summed E-state index contributed by atoms with van der Waals surface area (Å²) < 4.78 is 24.0. The summed E-state index contributed by atoms with van der Waals surface area (Å²) >= 11 is 11.1. The number of hydrogen-bond donors (Lipinski definition) is 1. The van der Waals surface area contributed by atoms with Crippen LogP contribution in [0.4, 0.5) is 8.78 Å². The minimum Gasteiger partial charge on any atom is -0.382 e. The van der Waals surface area contributed by atoms with Crippen LogP contribution in [0, 0.1) is 0 Å². The summed E-state index contributed by atoms with van der Waals surface area (Å²) in [6.45, 7) is 0. The molecule has 0 amide bonds. The quantitative estimate of drug-likeness (QED) is 0.821. The third-order valence-corrected chi connectivity index (χ3v) is 2.26. The van der Waals surface area contributed by atoms with Crippen molar-refractivity contribution in [3.05, 3.63) is 33.8 Å². The van der Waals surface area contributed by atoms with Gasteiger partial charge in [0.05, 0.1) is 10.0 Å². The molecular weight excluding hydrogens is 221 g/mol. The molecule has 0 aromatic heterocycles. The van der Waals surface area contributed by atoms with Gasteiger partial charge in [0.25, 0.3) is 6.43 Å². The summed E-state index contributed by atoms with van der Waals surface area (Å²) in [5.74, 6) is 0. The van der Waals surface area contributed by atoms with Crippen molar-refractivity contribution in [3.8, 4) is 0 Å². The van der Waals surface area contributed by atoms with Crippen molar-refractivity contribution in [1.82, 2.24) is 0 Å². The second kappa shape index (κ2) is 4.22. The van der Waals surface area contributed by atoms with Gasteiger partial charge in [-0.2, -0.15) is 0 Å². The summed E-state index contributed by atoms with van der Waals surface area (Å²) in [4.78, 5) is 0. The zero-order valence-corrected chi connectivity index (χ0v) is 7.86. The molecule has 0 spiro atoms. The Balaban J connectivity index is 2.97. The zero-order chi connectivity index (χ0) is 10.0. The van der Waals surface area contributed by atoms with Crippen LogP contribution < -0.4 is 0 Å². The first-order valence-corrected chi connectivity index (χ1v) is 4.19. The molecule has 1 unspecified atom stereocenters. The van der Waals surface area contributed by atoms with Gasteiger partial charge in [0.15, 0.2) is 0 Å². The largest absolute Gasteiger partial charge is 0.382 e. The highest BCUT2D eigenvalue weighted by molar-refractivity contribution is 6.42. The fourth-order valence-electron chi connectivity index (χ4n) is 0.842. The molecule has 1 atom stereocenters. The molecule has 0 saturated carbocycles. The van der Waals surface area contributed by atoms with Gasteiger partial charge in [0.2, 0.25) is 0 Å². The summed E-state index contributed by atoms with van der Waals surface area (Å²) in [5, 5.41) is 9.38. The number of aliphatic hydroxyl groups is 1. The first kappa shape index (κ1) is 10.7. The number of hydrogen-bond acceptors (Lipinski definition) is 1. The van der Waals surface area contributed by atoms with Crippen molar-refractivity contribution in [2.24, 2.45) is 0 Å². The molecule has 0 aliphatic rings. The first-order valence-electron chi connectivity index (χ1n) is 3.43. The molecule has 1 N–H and O–H groups in total. The van der Waals surface area contributed by atoms with Crippen molar-refractivity contribution < 1.29 is 13.9 Å². The number of halogens is 4. The Morgan fingerprint density at radius 1 is 1.15 bits per heavy atom. The van der Waals surface area contributed by atoms with Gasteiger partial charge < -0.3 is 5.11 Å². The van der Waals surface area contributed by atoms with Crippen LogP contribution >= 0.6 is 23.2 Å². The summed E-state index contributed by atoms with van der Waals surface area (Å²) in [6.07, 6.45) is -4.63. The van der Waals surface area contributed by atoms with E-state index in [4.69, 9.17) is 28.3 Å². The van der Waals surface area contributed by atoms with Crippen LogP contribution in [0.3, 0.4) is 0 Å². The lowest BCUT2D eigenvalue weighted by atomic mass is 10.1. The average Bonchev–Trinajstić information content (AvgIpc) is 2.08. The van der Waals surface area contributed by atoms with E-state index in [1.807, 2.05) is 0 Å². The van der Waals surface area contributed by atoms with Gasteiger partial charge in [0, 0.05) is 0 Å². The third-order valence-electron chi connectivity index (χ3n) is 1.52. The van der Waals surface area contributed by atoms with Gasteiger partial charge in [-0.05, 0) is 17.7 Å². The van der Waals surface area contributed by atoms with Gasteiger partial charge in [-0.15, -0.1) is 0 Å². The van der Waals surface area contributed by atoms with E-state index in [9.17, 15) is 8.78 Å². The Bertz CT molecular complexity index is 304. The number of benzene rings is 1. The normalized spacial score (nSPS) is 13.4. The van der Waals surface area contributed by atoms with E-state index in [-0.39, 0.29) is 15.6 Å². The molecular formula is C8H6Cl2F2O. The Morgan fingerprint density at radius 2 is 1.77 bits per heavy atom. The van der Waals surface area contributed by atoms with E-state index < -0.39 is 12.5 Å². The minimum absolute atomic E-state index is 0.0596. The maximum atomic E-state index is 12.0. The molecule has 0 radical (unpaired) electrons. The minimum atomic E-state index is -2.82. The summed E-state index contributed by atoms with van der Waals surface area (Å²) in [5.41, 5.74) is 0.0596. The molecule has 1 aromatic rings. The molecule has 1 aromatic carbocycles. The van der Waals surface area contributed by atoms with E-state index in [1.165, 1.54) is 18.2 Å². The van der Waals surface area contributed by atoms with Crippen LogP contribution in [0.15, 0.2) is 18.2 Å². The standard InChI is InChI=1S/C8H6Cl2F2O/c9-5-2-1-4(3-6(5)10)7(13)8(11)12/h1-3,7-8,13H. The molecule has 0 aliphatic heterocycles. The molecule has 1 rings (SSSR count). The van der Waals surface area contributed by atoms with Gasteiger partial charge in [0.1, 0.15) is 6.10 Å². The fourth-order valence-corrected chi connectivity index (χ4v) is 1.15. The Morgan fingerprint density at radius 3 is 2.23 bits per heavy atom. The van der Waals surface area contributed by atoms with Crippen LogP contribution in [0.1, 0.15) is 11.7 Å². The van der Waals surface area contributed by atoms with Crippen molar-refractivity contribution in [3.63, 3.8) is 0 Å². The van der Waals surface area contributed by atoms with Gasteiger partial charge in [-0.25, -0.2) is 8.78 Å². The maximum Gasteiger partial charge on any atom is 0.268 e. The second-order valence-corrected chi connectivity index (χ2v) is 3.27. The smallest absolute Gasteiger partial charge is 0.268 e. The van der Waals surface area contributed by atoms with Crippen molar-refractivity contribution in [2.75, 3.05) is 0 Å². The predicted octanol–water partition coefficient (Wildman–Crippen LogP) is 3.29. The van der Waals surface area contributed by atoms with Crippen molar-refractivity contribution >= 4 is 23.2 Å². The van der Waals surface area contributed by atoms with E-state index in [1.54, 1.807) is 0 Å². The number of alkyl halides is 2. The fraction of sp³-hybridized carbons (Fsp3) is 0.250. The van der Waals surface area contributed by atoms with E-state index in [2.05, 4.69) is 0 Å². The Hall–Kier alpha value is -0.380. The molecule has 13 heavy (non-hydrogen) atoms. The van der Waals surface area contributed by atoms with Gasteiger partial charge in [-0.1, -0.05) is 29.3 Å². The molecule has 5 heteroatoms. The highest BCUT2D eigenvalue weighted by atomic mass is 35.5. The predicted molar refractivity (Wildman–Crippen MR) is 47.4 cm³/mol. The van der Waals surface area contributed by atoms with Crippen LogP contribution in [0.2, 0.25) is 10.0 Å². The monoisotopic (exact) mass is 226 g/mol.